The van der Waals surface area contributed by atoms with E-state index in [0.717, 1.165) is 12.8 Å². The van der Waals surface area contributed by atoms with Crippen molar-refractivity contribution in [2.24, 2.45) is 0 Å². The molecule has 1 heterocycles. The van der Waals surface area contributed by atoms with Crippen LogP contribution in [0.15, 0.2) is 12.1 Å². The molecule has 4 nitrogen and oxygen atoms in total. The van der Waals surface area contributed by atoms with Gasteiger partial charge in [-0.3, -0.25) is 0 Å². The molecule has 1 atom stereocenters. The van der Waals surface area contributed by atoms with Gasteiger partial charge in [0.05, 0.1) is 17.7 Å². The van der Waals surface area contributed by atoms with Crippen LogP contribution in [0.25, 0.3) is 0 Å². The first-order valence-electron chi connectivity index (χ1n) is 5.11. The highest BCUT2D eigenvalue weighted by molar-refractivity contribution is 6.29. The summed E-state index contributed by atoms with van der Waals surface area (Å²) in [4.78, 5) is 4.04. The normalized spacial score (nSPS) is 11.9. The number of nitrogens with zero attached hydrogens (tertiary/aromatic N) is 2. The Balaban J connectivity index is 2.48. The molecule has 0 aliphatic rings. The van der Waals surface area contributed by atoms with E-state index >= 15 is 0 Å². The molecule has 0 fully saturated rings. The number of aliphatic hydroxyl groups excluding tert-OH is 1. The minimum atomic E-state index is -0.288. The second kappa shape index (κ2) is 6.31. The van der Waals surface area contributed by atoms with Crippen molar-refractivity contribution < 1.29 is 5.11 Å². The van der Waals surface area contributed by atoms with Crippen molar-refractivity contribution in [3.8, 4) is 6.07 Å². The summed E-state index contributed by atoms with van der Waals surface area (Å²) >= 11 is 5.75. The van der Waals surface area contributed by atoms with Crippen molar-refractivity contribution in [2.75, 3.05) is 11.9 Å². The van der Waals surface area contributed by atoms with Crippen molar-refractivity contribution in [1.29, 1.82) is 5.26 Å². The first-order valence-corrected chi connectivity index (χ1v) is 5.49. The predicted octanol–water partition coefficient (Wildman–Crippen LogP) is 2.18. The van der Waals surface area contributed by atoms with Gasteiger partial charge >= 0.3 is 0 Å². The van der Waals surface area contributed by atoms with Gasteiger partial charge in [0.1, 0.15) is 11.0 Å². The SMILES string of the molecule is CC(O)CCCNc1cc(C#N)cc(Cl)n1. The van der Waals surface area contributed by atoms with Crippen molar-refractivity contribution in [1.82, 2.24) is 4.98 Å². The van der Waals surface area contributed by atoms with Gasteiger partial charge in [-0.2, -0.15) is 5.26 Å². The number of nitrogens with one attached hydrogen (secondary N) is 1. The van der Waals surface area contributed by atoms with Crippen LogP contribution >= 0.6 is 11.6 Å². The molecule has 1 unspecified atom stereocenters. The number of rotatable bonds is 5. The molecule has 1 aromatic rings. The minimum Gasteiger partial charge on any atom is -0.393 e. The third kappa shape index (κ3) is 4.47. The fraction of sp³-hybridized carbons (Fsp3) is 0.455. The molecule has 0 amide bonds. The Morgan fingerprint density at radius 1 is 1.62 bits per heavy atom. The van der Waals surface area contributed by atoms with E-state index in [0.29, 0.717) is 23.1 Å². The summed E-state index contributed by atoms with van der Waals surface area (Å²) < 4.78 is 0. The van der Waals surface area contributed by atoms with Gasteiger partial charge < -0.3 is 10.4 Å². The summed E-state index contributed by atoms with van der Waals surface area (Å²) in [6.07, 6.45) is 1.29. The lowest BCUT2D eigenvalue weighted by atomic mass is 10.2. The molecule has 2 N–H and O–H groups in total. The number of anilines is 1. The smallest absolute Gasteiger partial charge is 0.132 e. The zero-order chi connectivity index (χ0) is 12.0. The van der Waals surface area contributed by atoms with E-state index in [1.54, 1.807) is 13.0 Å². The van der Waals surface area contributed by atoms with Gasteiger partial charge in [0.2, 0.25) is 0 Å². The third-order valence-electron chi connectivity index (χ3n) is 2.03. The zero-order valence-electron chi connectivity index (χ0n) is 9.07. The molecule has 0 aliphatic heterocycles. The lowest BCUT2D eigenvalue weighted by Gasteiger charge is -2.07. The van der Waals surface area contributed by atoms with Crippen LogP contribution < -0.4 is 5.32 Å². The van der Waals surface area contributed by atoms with Crippen molar-refractivity contribution >= 4 is 17.4 Å². The summed E-state index contributed by atoms with van der Waals surface area (Å²) in [5.74, 6) is 0.592. The number of pyridine rings is 1. The number of hydrogen-bond acceptors (Lipinski definition) is 4. The Morgan fingerprint density at radius 2 is 2.38 bits per heavy atom. The maximum atomic E-state index is 9.07. The van der Waals surface area contributed by atoms with Crippen LogP contribution in [0, 0.1) is 11.3 Å². The summed E-state index contributed by atoms with van der Waals surface area (Å²) in [5, 5.41) is 21.2. The number of halogens is 1. The minimum absolute atomic E-state index is 0.288. The third-order valence-corrected chi connectivity index (χ3v) is 2.22. The molecule has 0 saturated heterocycles. The van der Waals surface area contributed by atoms with E-state index < -0.39 is 0 Å². The van der Waals surface area contributed by atoms with E-state index in [2.05, 4.69) is 10.3 Å². The van der Waals surface area contributed by atoms with Crippen LogP contribution in [0.3, 0.4) is 0 Å². The molecule has 86 valence electrons. The van der Waals surface area contributed by atoms with Crippen LogP contribution in [0.1, 0.15) is 25.3 Å². The number of hydrogen-bond donors (Lipinski definition) is 2. The summed E-state index contributed by atoms with van der Waals surface area (Å²) in [7, 11) is 0. The number of aromatic nitrogens is 1. The monoisotopic (exact) mass is 239 g/mol. The Bertz CT molecular complexity index is 387. The van der Waals surface area contributed by atoms with Gasteiger partial charge in [-0.25, -0.2) is 4.98 Å². The van der Waals surface area contributed by atoms with Gasteiger partial charge in [-0.05, 0) is 31.9 Å². The van der Waals surface area contributed by atoms with Crippen molar-refractivity contribution in [3.05, 3.63) is 22.8 Å². The molecule has 0 bridgehead atoms. The van der Waals surface area contributed by atoms with Crippen LogP contribution in [0.2, 0.25) is 5.15 Å². The van der Waals surface area contributed by atoms with Crippen LogP contribution in [0.4, 0.5) is 5.82 Å². The highest BCUT2D eigenvalue weighted by atomic mass is 35.5. The molecule has 0 saturated carbocycles. The van der Waals surface area contributed by atoms with Gasteiger partial charge in [-0.15, -0.1) is 0 Å². The summed E-state index contributed by atoms with van der Waals surface area (Å²) in [6.45, 7) is 2.45. The Morgan fingerprint density at radius 3 is 3.00 bits per heavy atom. The predicted molar refractivity (Wildman–Crippen MR) is 63.4 cm³/mol. The standard InChI is InChI=1S/C11H14ClN3O/c1-8(16)3-2-4-14-11-6-9(7-13)5-10(12)15-11/h5-6,8,16H,2-4H2,1H3,(H,14,15). The van der Waals surface area contributed by atoms with Gasteiger partial charge in [0, 0.05) is 6.54 Å². The van der Waals surface area contributed by atoms with Gasteiger partial charge in [0.25, 0.3) is 0 Å². The van der Waals surface area contributed by atoms with E-state index in [4.69, 9.17) is 22.0 Å². The van der Waals surface area contributed by atoms with Crippen molar-refractivity contribution in [3.63, 3.8) is 0 Å². The van der Waals surface area contributed by atoms with E-state index in [1.807, 2.05) is 6.07 Å². The molecule has 1 aromatic heterocycles. The highest BCUT2D eigenvalue weighted by Crippen LogP contribution is 2.13. The van der Waals surface area contributed by atoms with E-state index in [9.17, 15) is 0 Å². The summed E-state index contributed by atoms with van der Waals surface area (Å²) in [6, 6.07) is 5.18. The molecule has 5 heteroatoms. The molecule has 1 rings (SSSR count). The Labute approximate surface area is 99.9 Å². The molecule has 0 aromatic carbocycles. The summed E-state index contributed by atoms with van der Waals surface area (Å²) in [5.41, 5.74) is 0.484. The highest BCUT2D eigenvalue weighted by Gasteiger charge is 2.01. The second-order valence-electron chi connectivity index (χ2n) is 3.59. The lowest BCUT2D eigenvalue weighted by Crippen LogP contribution is -2.07. The fourth-order valence-electron chi connectivity index (χ4n) is 1.27. The first-order chi connectivity index (χ1) is 7.61. The maximum Gasteiger partial charge on any atom is 0.132 e. The Kier molecular flexibility index (Phi) is 5.03. The maximum absolute atomic E-state index is 9.07. The van der Waals surface area contributed by atoms with Gasteiger partial charge in [-0.1, -0.05) is 11.6 Å². The first kappa shape index (κ1) is 12.8. The molecule has 0 spiro atoms. The average molecular weight is 240 g/mol. The quantitative estimate of drug-likeness (QED) is 0.610. The second-order valence-corrected chi connectivity index (χ2v) is 3.98. The Hall–Kier alpha value is -1.31. The lowest BCUT2D eigenvalue weighted by molar-refractivity contribution is 0.183. The largest absolute Gasteiger partial charge is 0.393 e. The fourth-order valence-corrected chi connectivity index (χ4v) is 1.47. The average Bonchev–Trinajstić information content (AvgIpc) is 2.23. The van der Waals surface area contributed by atoms with Crippen molar-refractivity contribution in [2.45, 2.75) is 25.9 Å². The molecule has 0 aliphatic carbocycles. The van der Waals surface area contributed by atoms with Gasteiger partial charge in [0.15, 0.2) is 0 Å². The van der Waals surface area contributed by atoms with E-state index in [1.165, 1.54) is 6.07 Å². The molecule has 0 radical (unpaired) electrons. The zero-order valence-corrected chi connectivity index (χ0v) is 9.83. The molecular weight excluding hydrogens is 226 g/mol. The molecular formula is C11H14ClN3O. The van der Waals surface area contributed by atoms with Crippen LogP contribution in [-0.4, -0.2) is 22.7 Å². The molecule has 16 heavy (non-hydrogen) atoms. The number of aliphatic hydroxyl groups is 1. The topological polar surface area (TPSA) is 68.9 Å². The van der Waals surface area contributed by atoms with Crippen LogP contribution in [0.5, 0.6) is 0 Å². The number of nitriles is 1. The van der Waals surface area contributed by atoms with Crippen LogP contribution in [-0.2, 0) is 0 Å². The van der Waals surface area contributed by atoms with E-state index in [-0.39, 0.29) is 6.10 Å².